The molecule has 0 unspecified atom stereocenters. The van der Waals surface area contributed by atoms with Gasteiger partial charge >= 0.3 is 0 Å². The predicted molar refractivity (Wildman–Crippen MR) is 71.0 cm³/mol. The SMILES string of the molecule is Cc1cc(N2CCCCCC2)c(C)cc1N. The molecule has 0 amide bonds. The summed E-state index contributed by atoms with van der Waals surface area (Å²) in [5, 5.41) is 0. The van der Waals surface area contributed by atoms with Gasteiger partial charge in [-0.25, -0.2) is 0 Å². The third kappa shape index (κ3) is 2.31. The molecule has 1 saturated heterocycles. The van der Waals surface area contributed by atoms with Crippen LogP contribution in [0.25, 0.3) is 0 Å². The highest BCUT2D eigenvalue weighted by molar-refractivity contribution is 5.63. The molecule has 1 fully saturated rings. The van der Waals surface area contributed by atoms with Crippen LogP contribution < -0.4 is 10.6 Å². The Balaban J connectivity index is 2.27. The van der Waals surface area contributed by atoms with E-state index >= 15 is 0 Å². The molecule has 0 aliphatic carbocycles. The zero-order chi connectivity index (χ0) is 11.5. The Morgan fingerprint density at radius 2 is 1.56 bits per heavy atom. The molecule has 1 aliphatic heterocycles. The monoisotopic (exact) mass is 218 g/mol. The van der Waals surface area contributed by atoms with E-state index < -0.39 is 0 Å². The summed E-state index contributed by atoms with van der Waals surface area (Å²) in [4.78, 5) is 2.52. The van der Waals surface area contributed by atoms with Gasteiger partial charge in [0.05, 0.1) is 0 Å². The van der Waals surface area contributed by atoms with Crippen molar-refractivity contribution in [1.29, 1.82) is 0 Å². The Labute approximate surface area is 98.4 Å². The molecular weight excluding hydrogens is 196 g/mol. The first-order valence-electron chi connectivity index (χ1n) is 6.30. The smallest absolute Gasteiger partial charge is 0.0400 e. The summed E-state index contributed by atoms with van der Waals surface area (Å²) in [6, 6.07) is 4.35. The van der Waals surface area contributed by atoms with Crippen LogP contribution in [0.1, 0.15) is 36.8 Å². The number of nitrogen functional groups attached to an aromatic ring is 1. The van der Waals surface area contributed by atoms with Crippen molar-refractivity contribution in [2.24, 2.45) is 0 Å². The average molecular weight is 218 g/mol. The van der Waals surface area contributed by atoms with Gasteiger partial charge in [0, 0.05) is 24.5 Å². The van der Waals surface area contributed by atoms with Gasteiger partial charge in [-0.2, -0.15) is 0 Å². The first-order chi connectivity index (χ1) is 7.68. The summed E-state index contributed by atoms with van der Waals surface area (Å²) in [5.41, 5.74) is 10.7. The Hall–Kier alpha value is -1.18. The van der Waals surface area contributed by atoms with Gasteiger partial charge in [-0.15, -0.1) is 0 Å². The molecule has 1 aromatic rings. The summed E-state index contributed by atoms with van der Waals surface area (Å²) in [7, 11) is 0. The van der Waals surface area contributed by atoms with Crippen LogP contribution in [-0.2, 0) is 0 Å². The maximum atomic E-state index is 5.93. The van der Waals surface area contributed by atoms with Crippen LogP contribution in [0.4, 0.5) is 11.4 Å². The van der Waals surface area contributed by atoms with Gasteiger partial charge in [-0.3, -0.25) is 0 Å². The normalized spacial score (nSPS) is 17.2. The van der Waals surface area contributed by atoms with Crippen molar-refractivity contribution in [3.05, 3.63) is 23.3 Å². The average Bonchev–Trinajstić information content (AvgIpc) is 2.52. The van der Waals surface area contributed by atoms with Crippen LogP contribution >= 0.6 is 0 Å². The van der Waals surface area contributed by atoms with Crippen LogP contribution in [0.2, 0.25) is 0 Å². The lowest BCUT2D eigenvalue weighted by molar-refractivity contribution is 0.726. The van der Waals surface area contributed by atoms with Crippen molar-refractivity contribution in [3.8, 4) is 0 Å². The number of rotatable bonds is 1. The molecular formula is C14H22N2. The summed E-state index contributed by atoms with van der Waals surface area (Å²) in [6.07, 6.45) is 5.40. The number of aryl methyl sites for hydroxylation is 2. The molecule has 0 bridgehead atoms. The Bertz CT molecular complexity index is 363. The number of nitrogens with zero attached hydrogens (tertiary/aromatic N) is 1. The fourth-order valence-electron chi connectivity index (χ4n) is 2.48. The fraction of sp³-hybridized carbons (Fsp3) is 0.571. The van der Waals surface area contributed by atoms with Crippen LogP contribution in [-0.4, -0.2) is 13.1 Å². The van der Waals surface area contributed by atoms with Crippen molar-refractivity contribution in [1.82, 2.24) is 0 Å². The number of hydrogen-bond donors (Lipinski definition) is 1. The van der Waals surface area contributed by atoms with Gasteiger partial charge < -0.3 is 10.6 Å². The molecule has 1 aromatic carbocycles. The molecule has 0 saturated carbocycles. The minimum Gasteiger partial charge on any atom is -0.399 e. The quantitative estimate of drug-likeness (QED) is 0.733. The van der Waals surface area contributed by atoms with Crippen molar-refractivity contribution in [2.45, 2.75) is 39.5 Å². The summed E-state index contributed by atoms with van der Waals surface area (Å²) in [5.74, 6) is 0. The van der Waals surface area contributed by atoms with Crippen LogP contribution in [0.5, 0.6) is 0 Å². The van der Waals surface area contributed by atoms with E-state index in [0.717, 1.165) is 5.69 Å². The lowest BCUT2D eigenvalue weighted by Crippen LogP contribution is -2.24. The predicted octanol–water partition coefficient (Wildman–Crippen LogP) is 3.27. The van der Waals surface area contributed by atoms with E-state index in [9.17, 15) is 0 Å². The van der Waals surface area contributed by atoms with Gasteiger partial charge in [-0.05, 0) is 49.9 Å². The highest BCUT2D eigenvalue weighted by atomic mass is 15.1. The van der Waals surface area contributed by atoms with Crippen molar-refractivity contribution >= 4 is 11.4 Å². The van der Waals surface area contributed by atoms with Crippen molar-refractivity contribution in [3.63, 3.8) is 0 Å². The second-order valence-electron chi connectivity index (χ2n) is 4.90. The van der Waals surface area contributed by atoms with Gasteiger partial charge in [0.1, 0.15) is 0 Å². The zero-order valence-electron chi connectivity index (χ0n) is 10.4. The number of anilines is 2. The lowest BCUT2D eigenvalue weighted by Gasteiger charge is -2.25. The first-order valence-corrected chi connectivity index (χ1v) is 6.30. The highest BCUT2D eigenvalue weighted by Crippen LogP contribution is 2.27. The third-order valence-electron chi connectivity index (χ3n) is 3.53. The van der Waals surface area contributed by atoms with Crippen LogP contribution in [0.15, 0.2) is 12.1 Å². The van der Waals surface area contributed by atoms with Crippen LogP contribution in [0, 0.1) is 13.8 Å². The van der Waals surface area contributed by atoms with E-state index in [-0.39, 0.29) is 0 Å². The minimum absolute atomic E-state index is 0.913. The largest absolute Gasteiger partial charge is 0.399 e. The molecule has 16 heavy (non-hydrogen) atoms. The maximum absolute atomic E-state index is 5.93. The molecule has 0 radical (unpaired) electrons. The molecule has 2 rings (SSSR count). The lowest BCUT2D eigenvalue weighted by atomic mass is 10.1. The summed E-state index contributed by atoms with van der Waals surface area (Å²) in [6.45, 7) is 6.65. The molecule has 1 heterocycles. The van der Waals surface area contributed by atoms with Gasteiger partial charge in [0.25, 0.3) is 0 Å². The number of hydrogen-bond acceptors (Lipinski definition) is 2. The van der Waals surface area contributed by atoms with Gasteiger partial charge in [0.15, 0.2) is 0 Å². The van der Waals surface area contributed by atoms with E-state index in [1.54, 1.807) is 0 Å². The van der Waals surface area contributed by atoms with Gasteiger partial charge in [0.2, 0.25) is 0 Å². The number of nitrogens with two attached hydrogens (primary N) is 1. The topological polar surface area (TPSA) is 29.3 Å². The van der Waals surface area contributed by atoms with E-state index in [2.05, 4.69) is 30.9 Å². The minimum atomic E-state index is 0.913. The first kappa shape index (κ1) is 11.3. The van der Waals surface area contributed by atoms with E-state index in [1.165, 1.54) is 55.6 Å². The fourth-order valence-corrected chi connectivity index (χ4v) is 2.48. The third-order valence-corrected chi connectivity index (χ3v) is 3.53. The van der Waals surface area contributed by atoms with E-state index in [1.807, 2.05) is 0 Å². The summed E-state index contributed by atoms with van der Waals surface area (Å²) >= 11 is 0. The molecule has 0 aromatic heterocycles. The second-order valence-corrected chi connectivity index (χ2v) is 4.90. The molecule has 2 heteroatoms. The number of benzene rings is 1. The van der Waals surface area contributed by atoms with E-state index in [4.69, 9.17) is 5.73 Å². The standard InChI is InChI=1S/C14H22N2/c1-11-10-14(12(2)9-13(11)15)16-7-5-3-4-6-8-16/h9-10H,3-8,15H2,1-2H3. The maximum Gasteiger partial charge on any atom is 0.0400 e. The van der Waals surface area contributed by atoms with E-state index in [0.29, 0.717) is 0 Å². The molecule has 2 nitrogen and oxygen atoms in total. The van der Waals surface area contributed by atoms with Crippen LogP contribution in [0.3, 0.4) is 0 Å². The van der Waals surface area contributed by atoms with Crippen molar-refractivity contribution in [2.75, 3.05) is 23.7 Å². The Morgan fingerprint density at radius 3 is 2.19 bits per heavy atom. The van der Waals surface area contributed by atoms with Gasteiger partial charge in [-0.1, -0.05) is 12.8 Å². The molecule has 0 spiro atoms. The van der Waals surface area contributed by atoms with Crippen molar-refractivity contribution < 1.29 is 0 Å². The Morgan fingerprint density at radius 1 is 0.938 bits per heavy atom. The molecule has 1 aliphatic rings. The second kappa shape index (κ2) is 4.77. The molecule has 0 atom stereocenters. The zero-order valence-corrected chi connectivity index (χ0v) is 10.4. The summed E-state index contributed by atoms with van der Waals surface area (Å²) < 4.78 is 0. The highest BCUT2D eigenvalue weighted by Gasteiger charge is 2.12. The Kier molecular flexibility index (Phi) is 3.37. The molecule has 88 valence electrons. The molecule has 2 N–H and O–H groups in total.